The number of hydrogen-bond acceptors (Lipinski definition) is 5. The number of thiazole rings is 1. The minimum Gasteiger partial charge on any atom is -0.469 e. The highest BCUT2D eigenvalue weighted by Crippen LogP contribution is 2.26. The van der Waals surface area contributed by atoms with Gasteiger partial charge in [-0.2, -0.15) is 0 Å². The Labute approximate surface area is 155 Å². The second kappa shape index (κ2) is 6.92. The Morgan fingerprint density at radius 2 is 1.92 bits per heavy atom. The molecule has 1 fully saturated rings. The fourth-order valence-corrected chi connectivity index (χ4v) is 4.18. The molecule has 0 radical (unpaired) electrons. The van der Waals surface area contributed by atoms with Crippen LogP contribution in [0, 0.1) is 5.92 Å². The summed E-state index contributed by atoms with van der Waals surface area (Å²) >= 11 is 1.46. The van der Waals surface area contributed by atoms with Gasteiger partial charge in [-0.25, -0.2) is 4.98 Å². The third-order valence-corrected chi connectivity index (χ3v) is 5.65. The summed E-state index contributed by atoms with van der Waals surface area (Å²) in [5.74, 6) is -0.307. The van der Waals surface area contributed by atoms with Crippen LogP contribution in [0.25, 0.3) is 16.2 Å². The maximum atomic E-state index is 12.9. The predicted molar refractivity (Wildman–Crippen MR) is 99.1 cm³/mol. The number of carbonyl (C=O) groups is 2. The summed E-state index contributed by atoms with van der Waals surface area (Å²) in [6.45, 7) is 1.13. The van der Waals surface area contributed by atoms with Gasteiger partial charge in [-0.1, -0.05) is 30.3 Å². The van der Waals surface area contributed by atoms with Gasteiger partial charge < -0.3 is 9.64 Å². The summed E-state index contributed by atoms with van der Waals surface area (Å²) in [6.07, 6.45) is 3.20. The lowest BCUT2D eigenvalue weighted by Crippen LogP contribution is -2.40. The minimum absolute atomic E-state index is 0.0171. The zero-order valence-electron chi connectivity index (χ0n) is 14.4. The van der Waals surface area contributed by atoms with Crippen LogP contribution in [0.15, 0.2) is 41.9 Å². The van der Waals surface area contributed by atoms with Crippen LogP contribution in [-0.2, 0) is 9.53 Å². The summed E-state index contributed by atoms with van der Waals surface area (Å²) in [4.78, 5) is 31.8. The van der Waals surface area contributed by atoms with E-state index in [1.807, 2.05) is 51.2 Å². The molecule has 1 aliphatic heterocycles. The molecule has 0 N–H and O–H groups in total. The van der Waals surface area contributed by atoms with E-state index in [0.717, 1.165) is 16.2 Å². The number of imidazole rings is 1. The largest absolute Gasteiger partial charge is 0.469 e. The number of piperidine rings is 1. The summed E-state index contributed by atoms with van der Waals surface area (Å²) in [6, 6.07) is 9.92. The average Bonchev–Trinajstić information content (AvgIpc) is 3.28. The summed E-state index contributed by atoms with van der Waals surface area (Å²) in [5, 5.41) is 1.85. The monoisotopic (exact) mass is 369 g/mol. The molecular weight excluding hydrogens is 350 g/mol. The van der Waals surface area contributed by atoms with Crippen molar-refractivity contribution in [1.82, 2.24) is 14.3 Å². The molecule has 0 atom stereocenters. The molecule has 134 valence electrons. The van der Waals surface area contributed by atoms with Gasteiger partial charge in [0.2, 0.25) is 0 Å². The van der Waals surface area contributed by atoms with Crippen LogP contribution in [0.3, 0.4) is 0 Å². The molecular formula is C19H19N3O3S. The molecule has 1 aromatic carbocycles. The number of nitrogens with zero attached hydrogens (tertiary/aromatic N) is 3. The molecule has 1 amide bonds. The lowest BCUT2D eigenvalue weighted by Gasteiger charge is -2.30. The van der Waals surface area contributed by atoms with Gasteiger partial charge in [-0.05, 0) is 12.8 Å². The smallest absolute Gasteiger partial charge is 0.308 e. The van der Waals surface area contributed by atoms with Crippen molar-refractivity contribution < 1.29 is 14.3 Å². The lowest BCUT2D eigenvalue weighted by atomic mass is 9.97. The van der Waals surface area contributed by atoms with E-state index < -0.39 is 0 Å². The maximum Gasteiger partial charge on any atom is 0.308 e. The number of fused-ring (bicyclic) bond motifs is 1. The molecule has 1 aliphatic rings. The third-order valence-electron chi connectivity index (χ3n) is 4.81. The maximum absolute atomic E-state index is 12.9. The molecule has 2 aromatic heterocycles. The fourth-order valence-electron chi connectivity index (χ4n) is 3.33. The first kappa shape index (κ1) is 16.8. The van der Waals surface area contributed by atoms with E-state index in [9.17, 15) is 9.59 Å². The number of ether oxygens (including phenoxy) is 1. The second-order valence-corrected chi connectivity index (χ2v) is 7.19. The summed E-state index contributed by atoms with van der Waals surface area (Å²) in [5.41, 5.74) is 2.51. The first-order valence-electron chi connectivity index (χ1n) is 8.56. The number of esters is 1. The van der Waals surface area contributed by atoms with Crippen molar-refractivity contribution in [2.45, 2.75) is 12.8 Å². The second-order valence-electron chi connectivity index (χ2n) is 6.36. The van der Waals surface area contributed by atoms with E-state index in [0.29, 0.717) is 31.6 Å². The van der Waals surface area contributed by atoms with E-state index in [1.54, 1.807) is 0 Å². The van der Waals surface area contributed by atoms with E-state index in [-0.39, 0.29) is 17.8 Å². The fraction of sp³-hybridized carbons (Fsp3) is 0.316. The Balaban J connectivity index is 1.54. The highest BCUT2D eigenvalue weighted by Gasteiger charge is 2.29. The van der Waals surface area contributed by atoms with E-state index >= 15 is 0 Å². The van der Waals surface area contributed by atoms with Crippen molar-refractivity contribution in [3.05, 3.63) is 47.6 Å². The quantitative estimate of drug-likeness (QED) is 0.666. The Kier molecular flexibility index (Phi) is 4.46. The molecule has 7 heteroatoms. The van der Waals surface area contributed by atoms with Gasteiger partial charge in [-0.15, -0.1) is 11.3 Å². The first-order chi connectivity index (χ1) is 12.7. The van der Waals surface area contributed by atoms with E-state index in [4.69, 9.17) is 4.74 Å². The molecule has 3 heterocycles. The Morgan fingerprint density at radius 1 is 1.19 bits per heavy atom. The van der Waals surface area contributed by atoms with Crippen LogP contribution in [0.2, 0.25) is 0 Å². The van der Waals surface area contributed by atoms with E-state index in [2.05, 4.69) is 4.98 Å². The van der Waals surface area contributed by atoms with Gasteiger partial charge in [0.25, 0.3) is 5.91 Å². The van der Waals surface area contributed by atoms with Crippen molar-refractivity contribution in [2.75, 3.05) is 20.2 Å². The van der Waals surface area contributed by atoms with Crippen molar-refractivity contribution in [2.24, 2.45) is 5.92 Å². The van der Waals surface area contributed by atoms with Crippen molar-refractivity contribution >= 4 is 28.2 Å². The molecule has 4 rings (SSSR count). The number of aromatic nitrogens is 2. The van der Waals surface area contributed by atoms with Gasteiger partial charge in [0.05, 0.1) is 18.7 Å². The van der Waals surface area contributed by atoms with Crippen LogP contribution in [-0.4, -0.2) is 46.4 Å². The molecule has 6 nitrogen and oxygen atoms in total. The van der Waals surface area contributed by atoms with Gasteiger partial charge in [-0.3, -0.25) is 14.0 Å². The number of hydrogen-bond donors (Lipinski definition) is 0. The van der Waals surface area contributed by atoms with Crippen molar-refractivity contribution in [3.8, 4) is 11.3 Å². The number of amides is 1. The summed E-state index contributed by atoms with van der Waals surface area (Å²) in [7, 11) is 1.41. The number of carbonyl (C=O) groups excluding carboxylic acids is 2. The summed E-state index contributed by atoms with van der Waals surface area (Å²) < 4.78 is 6.67. The molecule has 0 aliphatic carbocycles. The van der Waals surface area contributed by atoms with Gasteiger partial charge in [0.1, 0.15) is 5.69 Å². The molecule has 0 saturated carbocycles. The number of likely N-dealkylation sites (tertiary alicyclic amines) is 1. The van der Waals surface area contributed by atoms with Crippen LogP contribution in [0.5, 0.6) is 0 Å². The normalized spacial score (nSPS) is 15.3. The van der Waals surface area contributed by atoms with E-state index in [1.165, 1.54) is 18.4 Å². The molecule has 0 bridgehead atoms. The van der Waals surface area contributed by atoms with Crippen LogP contribution >= 0.6 is 11.3 Å². The zero-order chi connectivity index (χ0) is 18.1. The highest BCUT2D eigenvalue weighted by molar-refractivity contribution is 7.15. The third kappa shape index (κ3) is 2.99. The van der Waals surface area contributed by atoms with Crippen LogP contribution < -0.4 is 0 Å². The Bertz CT molecular complexity index is 940. The van der Waals surface area contributed by atoms with Gasteiger partial charge >= 0.3 is 5.97 Å². The number of methoxy groups -OCH3 is 1. The Hall–Kier alpha value is -2.67. The zero-order valence-corrected chi connectivity index (χ0v) is 15.2. The van der Waals surface area contributed by atoms with Crippen LogP contribution in [0.4, 0.5) is 0 Å². The van der Waals surface area contributed by atoms with Crippen molar-refractivity contribution in [3.63, 3.8) is 0 Å². The predicted octanol–water partition coefficient (Wildman–Crippen LogP) is 3.09. The average molecular weight is 369 g/mol. The number of benzene rings is 1. The Morgan fingerprint density at radius 3 is 2.62 bits per heavy atom. The molecule has 0 spiro atoms. The molecule has 1 saturated heterocycles. The highest BCUT2D eigenvalue weighted by atomic mass is 32.1. The van der Waals surface area contributed by atoms with Gasteiger partial charge in [0.15, 0.2) is 4.96 Å². The topological polar surface area (TPSA) is 63.9 Å². The molecule has 26 heavy (non-hydrogen) atoms. The van der Waals surface area contributed by atoms with Crippen LogP contribution in [0.1, 0.15) is 23.3 Å². The molecule has 3 aromatic rings. The first-order valence-corrected chi connectivity index (χ1v) is 9.44. The lowest BCUT2D eigenvalue weighted by molar-refractivity contribution is -0.146. The SMILES string of the molecule is COC(=O)C1CCN(C(=O)c2csc3nc(-c4ccccc4)cn23)CC1. The number of rotatable bonds is 3. The molecule has 0 unspecified atom stereocenters. The van der Waals surface area contributed by atoms with Gasteiger partial charge in [0, 0.05) is 30.2 Å². The standard InChI is InChI=1S/C19H19N3O3S/c1-25-18(24)14-7-9-21(10-8-14)17(23)16-12-26-19-20-15(11-22(16)19)13-5-3-2-4-6-13/h2-6,11-12,14H,7-10H2,1H3. The van der Waals surface area contributed by atoms with Crippen molar-refractivity contribution in [1.29, 1.82) is 0 Å². The minimum atomic E-state index is -0.183.